The summed E-state index contributed by atoms with van der Waals surface area (Å²) < 4.78 is 31.8. The number of ether oxygens (including phenoxy) is 3. The van der Waals surface area contributed by atoms with E-state index in [-0.39, 0.29) is 24.3 Å². The van der Waals surface area contributed by atoms with E-state index in [1.807, 2.05) is 0 Å². The standard InChI is InChI=1S/C27H24ClFN2O5S/c1-5-11-36-24-19(28)12-16(13-20(24)34-4)14-21-25(32)31-23(17-7-9-18(29)10-8-17)22(26(33)35-6-2)15(3)30-27(31)37-21/h5,7-10,12-14,23H,1,6,11H2,2-4H3/b21-14-/t23-/m1/s1. The largest absolute Gasteiger partial charge is 0.493 e. The van der Waals surface area contributed by atoms with Gasteiger partial charge < -0.3 is 14.2 Å². The van der Waals surface area contributed by atoms with Crippen LogP contribution >= 0.6 is 22.9 Å². The molecule has 0 unspecified atom stereocenters. The molecule has 0 saturated carbocycles. The van der Waals surface area contributed by atoms with E-state index in [9.17, 15) is 14.0 Å². The maximum Gasteiger partial charge on any atom is 0.338 e. The Labute approximate surface area is 221 Å². The summed E-state index contributed by atoms with van der Waals surface area (Å²) in [6.45, 7) is 7.42. The third-order valence-corrected chi connectivity index (χ3v) is 6.86. The first-order valence-electron chi connectivity index (χ1n) is 11.3. The van der Waals surface area contributed by atoms with Crippen LogP contribution in [0.15, 0.2) is 70.1 Å². The molecule has 0 saturated heterocycles. The van der Waals surface area contributed by atoms with Crippen molar-refractivity contribution in [1.82, 2.24) is 4.57 Å². The van der Waals surface area contributed by atoms with Crippen LogP contribution in [0.3, 0.4) is 0 Å². The Morgan fingerprint density at radius 1 is 1.30 bits per heavy atom. The molecule has 10 heteroatoms. The molecule has 0 spiro atoms. The molecule has 1 aliphatic heterocycles. The molecule has 0 radical (unpaired) electrons. The molecule has 0 N–H and O–H groups in total. The molecule has 2 heterocycles. The summed E-state index contributed by atoms with van der Waals surface area (Å²) in [6.07, 6.45) is 3.26. The fourth-order valence-corrected chi connectivity index (χ4v) is 5.33. The maximum atomic E-state index is 13.7. The van der Waals surface area contributed by atoms with Crippen LogP contribution in [0.25, 0.3) is 6.08 Å². The van der Waals surface area contributed by atoms with E-state index in [4.69, 9.17) is 25.8 Å². The van der Waals surface area contributed by atoms with Gasteiger partial charge in [0.1, 0.15) is 12.4 Å². The highest BCUT2D eigenvalue weighted by Crippen LogP contribution is 2.37. The fraction of sp³-hybridized carbons (Fsp3) is 0.222. The van der Waals surface area contributed by atoms with E-state index < -0.39 is 17.8 Å². The third-order valence-electron chi connectivity index (χ3n) is 5.60. The molecule has 3 aromatic rings. The lowest BCUT2D eigenvalue weighted by atomic mass is 9.96. The second-order valence-corrected chi connectivity index (χ2v) is 9.40. The molecule has 1 aliphatic rings. The lowest BCUT2D eigenvalue weighted by molar-refractivity contribution is -0.139. The van der Waals surface area contributed by atoms with Gasteiger partial charge >= 0.3 is 5.97 Å². The quantitative estimate of drug-likeness (QED) is 0.315. The summed E-state index contributed by atoms with van der Waals surface area (Å²) >= 11 is 7.59. The minimum Gasteiger partial charge on any atom is -0.493 e. The number of nitrogens with zero attached hydrogens (tertiary/aromatic N) is 2. The third kappa shape index (κ3) is 5.23. The van der Waals surface area contributed by atoms with Crippen LogP contribution in [0.1, 0.15) is 31.0 Å². The van der Waals surface area contributed by atoms with Crippen molar-refractivity contribution in [2.24, 2.45) is 4.99 Å². The van der Waals surface area contributed by atoms with Crippen LogP contribution < -0.4 is 24.4 Å². The number of aromatic nitrogens is 1. The minimum atomic E-state index is -0.828. The van der Waals surface area contributed by atoms with Gasteiger partial charge in [0.05, 0.1) is 40.6 Å². The Balaban J connectivity index is 1.90. The number of esters is 1. The van der Waals surface area contributed by atoms with Crippen molar-refractivity contribution < 1.29 is 23.4 Å². The highest BCUT2D eigenvalue weighted by Gasteiger charge is 2.33. The van der Waals surface area contributed by atoms with E-state index >= 15 is 0 Å². The van der Waals surface area contributed by atoms with Gasteiger partial charge in [-0.25, -0.2) is 14.2 Å². The van der Waals surface area contributed by atoms with Crippen molar-refractivity contribution in [1.29, 1.82) is 0 Å². The lowest BCUT2D eigenvalue weighted by Gasteiger charge is -2.24. The molecule has 2 aromatic carbocycles. The molecule has 37 heavy (non-hydrogen) atoms. The SMILES string of the molecule is C=CCOc1c(Cl)cc(/C=c2\sc3n(c2=O)[C@H](c2ccc(F)cc2)C(C(=O)OCC)=C(C)N=3)cc1OC. The normalized spacial score (nSPS) is 15.2. The van der Waals surface area contributed by atoms with Gasteiger partial charge in [0, 0.05) is 0 Å². The Hall–Kier alpha value is -3.69. The van der Waals surface area contributed by atoms with Gasteiger partial charge in [-0.15, -0.1) is 0 Å². The number of carbonyl (C=O) groups is 1. The van der Waals surface area contributed by atoms with Crippen molar-refractivity contribution in [3.8, 4) is 11.5 Å². The first-order chi connectivity index (χ1) is 17.8. The molecular weight excluding hydrogens is 519 g/mol. The van der Waals surface area contributed by atoms with E-state index in [1.54, 1.807) is 50.3 Å². The Bertz CT molecular complexity index is 1570. The molecule has 0 fully saturated rings. The number of hydrogen-bond acceptors (Lipinski definition) is 7. The van der Waals surface area contributed by atoms with E-state index in [0.29, 0.717) is 42.7 Å². The van der Waals surface area contributed by atoms with Gasteiger partial charge in [-0.1, -0.05) is 47.7 Å². The predicted octanol–water partition coefficient (Wildman–Crippen LogP) is 4.16. The predicted molar refractivity (Wildman–Crippen MR) is 140 cm³/mol. The number of allylic oxidation sites excluding steroid dienone is 1. The number of fused-ring (bicyclic) bond motifs is 1. The molecule has 1 aromatic heterocycles. The van der Waals surface area contributed by atoms with Gasteiger partial charge in [0.2, 0.25) is 0 Å². The smallest absolute Gasteiger partial charge is 0.338 e. The number of hydrogen-bond donors (Lipinski definition) is 0. The summed E-state index contributed by atoms with van der Waals surface area (Å²) in [6, 6.07) is 8.19. The second kappa shape index (κ2) is 11.1. The van der Waals surface area contributed by atoms with Crippen molar-refractivity contribution in [3.63, 3.8) is 0 Å². The fourth-order valence-electron chi connectivity index (χ4n) is 4.01. The van der Waals surface area contributed by atoms with Crippen LogP contribution in [0.4, 0.5) is 4.39 Å². The zero-order chi connectivity index (χ0) is 26.7. The molecule has 0 aliphatic carbocycles. The maximum absolute atomic E-state index is 13.7. The van der Waals surface area contributed by atoms with Gasteiger partial charge in [-0.3, -0.25) is 9.36 Å². The van der Waals surface area contributed by atoms with Crippen LogP contribution in [-0.4, -0.2) is 30.9 Å². The molecule has 0 bridgehead atoms. The second-order valence-electron chi connectivity index (χ2n) is 7.99. The minimum absolute atomic E-state index is 0.158. The topological polar surface area (TPSA) is 79.1 Å². The zero-order valence-electron chi connectivity index (χ0n) is 20.4. The number of carbonyl (C=O) groups excluding carboxylic acids is 1. The number of rotatable bonds is 8. The Morgan fingerprint density at radius 2 is 2.03 bits per heavy atom. The van der Waals surface area contributed by atoms with Gasteiger partial charge in [0.15, 0.2) is 16.3 Å². The van der Waals surface area contributed by atoms with Crippen molar-refractivity contribution in [2.75, 3.05) is 20.3 Å². The summed E-state index contributed by atoms with van der Waals surface area (Å²) in [5.41, 5.74) is 1.45. The van der Waals surface area contributed by atoms with Gasteiger partial charge in [0.25, 0.3) is 5.56 Å². The van der Waals surface area contributed by atoms with Crippen LogP contribution in [0, 0.1) is 5.82 Å². The number of benzene rings is 2. The average Bonchev–Trinajstić information content (AvgIpc) is 3.17. The molecule has 0 amide bonds. The van der Waals surface area contributed by atoms with Gasteiger partial charge in [-0.05, 0) is 55.3 Å². The van der Waals surface area contributed by atoms with E-state index in [2.05, 4.69) is 11.6 Å². The highest BCUT2D eigenvalue weighted by molar-refractivity contribution is 7.07. The van der Waals surface area contributed by atoms with Gasteiger partial charge in [-0.2, -0.15) is 0 Å². The van der Waals surface area contributed by atoms with Crippen molar-refractivity contribution >= 4 is 35.0 Å². The van der Waals surface area contributed by atoms with Crippen molar-refractivity contribution in [3.05, 3.63) is 102 Å². The number of thiazole rings is 1. The molecule has 7 nitrogen and oxygen atoms in total. The number of methoxy groups -OCH3 is 1. The van der Waals surface area contributed by atoms with E-state index in [1.165, 1.54) is 35.1 Å². The number of halogens is 2. The molecular formula is C27H24ClFN2O5S. The Kier molecular flexibility index (Phi) is 7.94. The summed E-state index contributed by atoms with van der Waals surface area (Å²) in [4.78, 5) is 31.5. The van der Waals surface area contributed by atoms with Crippen LogP contribution in [0.2, 0.25) is 5.02 Å². The monoisotopic (exact) mass is 542 g/mol. The molecule has 4 rings (SSSR count). The highest BCUT2D eigenvalue weighted by atomic mass is 35.5. The molecule has 1 atom stereocenters. The summed E-state index contributed by atoms with van der Waals surface area (Å²) in [7, 11) is 1.49. The average molecular weight is 543 g/mol. The summed E-state index contributed by atoms with van der Waals surface area (Å²) in [5, 5.41) is 0.310. The van der Waals surface area contributed by atoms with Crippen LogP contribution in [0.5, 0.6) is 11.5 Å². The van der Waals surface area contributed by atoms with Crippen LogP contribution in [-0.2, 0) is 9.53 Å². The van der Waals surface area contributed by atoms with E-state index in [0.717, 1.165) is 0 Å². The van der Waals surface area contributed by atoms with Crippen molar-refractivity contribution in [2.45, 2.75) is 19.9 Å². The lowest BCUT2D eigenvalue weighted by Crippen LogP contribution is -2.39. The zero-order valence-corrected chi connectivity index (χ0v) is 22.0. The molecule has 192 valence electrons. The first kappa shape index (κ1) is 26.4. The first-order valence-corrected chi connectivity index (χ1v) is 12.5. The summed E-state index contributed by atoms with van der Waals surface area (Å²) in [5.74, 6) is -0.244. The Morgan fingerprint density at radius 3 is 2.68 bits per heavy atom.